The number of aryl methyl sites for hydroxylation is 3. The number of likely N-dealkylation sites (tertiary alicyclic amines) is 1. The maximum atomic E-state index is 13.1. The molecule has 0 aromatic heterocycles. The predicted octanol–water partition coefficient (Wildman–Crippen LogP) is 5.90. The number of rotatable bonds is 6. The van der Waals surface area contributed by atoms with Crippen LogP contribution >= 0.6 is 0 Å². The lowest BCUT2D eigenvalue weighted by Crippen LogP contribution is -2.49. The van der Waals surface area contributed by atoms with Crippen molar-refractivity contribution in [2.24, 2.45) is 5.92 Å². The van der Waals surface area contributed by atoms with E-state index in [0.717, 1.165) is 38.6 Å². The molecule has 3 atom stereocenters. The maximum absolute atomic E-state index is 13.1. The second-order valence-electron chi connectivity index (χ2n) is 10.8. The first-order valence-electron chi connectivity index (χ1n) is 13.9. The summed E-state index contributed by atoms with van der Waals surface area (Å²) in [5.41, 5.74) is 6.38. The van der Waals surface area contributed by atoms with E-state index >= 15 is 0 Å². The standard InChI is InChI=1S/C31H40N2O2/c1-2-22-16-17-24-19-18-23-9-3-5-12-26(23)31(27(24)21-22)32-29(34)14-7-15-30(35)33-20-8-11-25-10-4-6-13-28(25)33/h3,5,9,12,16-17,21,25,28,31H,2,4,6-8,10-11,13-15,18-20H2,1H3,(H,32,34). The second-order valence-corrected chi connectivity index (χ2v) is 10.8. The zero-order valence-corrected chi connectivity index (χ0v) is 21.2. The molecule has 2 amide bonds. The van der Waals surface area contributed by atoms with E-state index in [-0.39, 0.29) is 17.9 Å². The minimum absolute atomic E-state index is 0.0431. The lowest BCUT2D eigenvalue weighted by atomic mass is 9.78. The highest BCUT2D eigenvalue weighted by Gasteiger charge is 2.35. The van der Waals surface area contributed by atoms with Crippen LogP contribution in [0.4, 0.5) is 0 Å². The van der Waals surface area contributed by atoms with Crippen molar-refractivity contribution in [3.8, 4) is 0 Å². The molecule has 4 heteroatoms. The Bertz CT molecular complexity index is 1060. The van der Waals surface area contributed by atoms with E-state index in [1.165, 1.54) is 53.5 Å². The zero-order valence-electron chi connectivity index (χ0n) is 21.2. The fraction of sp³-hybridized carbons (Fsp3) is 0.548. The number of carbonyl (C=O) groups is 2. The van der Waals surface area contributed by atoms with Crippen LogP contribution < -0.4 is 5.32 Å². The Kier molecular flexibility index (Phi) is 7.55. The van der Waals surface area contributed by atoms with Crippen LogP contribution in [0.1, 0.15) is 98.6 Å². The summed E-state index contributed by atoms with van der Waals surface area (Å²) >= 11 is 0. The van der Waals surface area contributed by atoms with Crippen LogP contribution in [0.2, 0.25) is 0 Å². The van der Waals surface area contributed by atoms with Gasteiger partial charge >= 0.3 is 0 Å². The summed E-state index contributed by atoms with van der Waals surface area (Å²) < 4.78 is 0. The Labute approximate surface area is 210 Å². The minimum atomic E-state index is -0.122. The van der Waals surface area contributed by atoms with Crippen LogP contribution in [0, 0.1) is 5.92 Å². The van der Waals surface area contributed by atoms with E-state index in [1.807, 2.05) is 0 Å². The maximum Gasteiger partial charge on any atom is 0.222 e. The highest BCUT2D eigenvalue weighted by Crippen LogP contribution is 2.36. The number of nitrogens with zero attached hydrogens (tertiary/aromatic N) is 1. The van der Waals surface area contributed by atoms with Crippen LogP contribution in [-0.4, -0.2) is 29.3 Å². The van der Waals surface area contributed by atoms with Crippen LogP contribution in [0.15, 0.2) is 42.5 Å². The van der Waals surface area contributed by atoms with Crippen molar-refractivity contribution >= 4 is 11.8 Å². The molecule has 1 aliphatic heterocycles. The molecule has 3 aliphatic rings. The molecular formula is C31H40N2O2. The van der Waals surface area contributed by atoms with Crippen molar-refractivity contribution in [2.45, 2.75) is 96.1 Å². The summed E-state index contributed by atoms with van der Waals surface area (Å²) in [4.78, 5) is 28.4. The van der Waals surface area contributed by atoms with Gasteiger partial charge in [0.25, 0.3) is 0 Å². The van der Waals surface area contributed by atoms with Gasteiger partial charge in [0.15, 0.2) is 0 Å². The van der Waals surface area contributed by atoms with Gasteiger partial charge in [-0.2, -0.15) is 0 Å². The quantitative estimate of drug-likeness (QED) is 0.569. The molecular weight excluding hydrogens is 432 g/mol. The van der Waals surface area contributed by atoms with Crippen LogP contribution in [0.5, 0.6) is 0 Å². The van der Waals surface area contributed by atoms with E-state index in [9.17, 15) is 9.59 Å². The Morgan fingerprint density at radius 1 is 0.914 bits per heavy atom. The fourth-order valence-corrected chi connectivity index (χ4v) is 6.71. The Balaban J connectivity index is 1.24. The summed E-state index contributed by atoms with van der Waals surface area (Å²) in [6, 6.07) is 15.6. The van der Waals surface area contributed by atoms with Gasteiger partial charge in [-0.05, 0) is 85.1 Å². The van der Waals surface area contributed by atoms with Crippen LogP contribution in [0.3, 0.4) is 0 Å². The van der Waals surface area contributed by atoms with Gasteiger partial charge < -0.3 is 10.2 Å². The lowest BCUT2D eigenvalue weighted by Gasteiger charge is -2.44. The molecule has 2 aromatic rings. The number of piperidine rings is 1. The summed E-state index contributed by atoms with van der Waals surface area (Å²) in [7, 11) is 0. The van der Waals surface area contributed by atoms with Gasteiger partial charge in [-0.15, -0.1) is 0 Å². The highest BCUT2D eigenvalue weighted by molar-refractivity contribution is 5.80. The van der Waals surface area contributed by atoms with Crippen molar-refractivity contribution in [2.75, 3.05) is 6.54 Å². The molecule has 2 aromatic carbocycles. The van der Waals surface area contributed by atoms with E-state index in [0.29, 0.717) is 31.2 Å². The average Bonchev–Trinajstić information content (AvgIpc) is 3.05. The normalized spacial score (nSPS) is 23.5. The third-order valence-corrected chi connectivity index (χ3v) is 8.62. The minimum Gasteiger partial charge on any atom is -0.345 e. The molecule has 0 bridgehead atoms. The molecule has 2 aliphatic carbocycles. The average molecular weight is 473 g/mol. The number of nitrogens with one attached hydrogen (secondary N) is 1. The molecule has 0 radical (unpaired) electrons. The van der Waals surface area contributed by atoms with E-state index < -0.39 is 0 Å². The van der Waals surface area contributed by atoms with Gasteiger partial charge in [0.05, 0.1) is 6.04 Å². The predicted molar refractivity (Wildman–Crippen MR) is 140 cm³/mol. The molecule has 1 heterocycles. The summed E-state index contributed by atoms with van der Waals surface area (Å²) in [5.74, 6) is 1.00. The Hall–Kier alpha value is -2.62. The largest absolute Gasteiger partial charge is 0.345 e. The number of fused-ring (bicyclic) bond motifs is 3. The fourth-order valence-electron chi connectivity index (χ4n) is 6.71. The number of benzene rings is 2. The topological polar surface area (TPSA) is 49.4 Å². The summed E-state index contributed by atoms with van der Waals surface area (Å²) in [6.07, 6.45) is 11.9. The third kappa shape index (κ3) is 5.32. The molecule has 1 N–H and O–H groups in total. The van der Waals surface area contributed by atoms with Crippen molar-refractivity contribution in [1.82, 2.24) is 10.2 Å². The smallest absolute Gasteiger partial charge is 0.222 e. The van der Waals surface area contributed by atoms with E-state index in [4.69, 9.17) is 0 Å². The number of hydrogen-bond donors (Lipinski definition) is 1. The van der Waals surface area contributed by atoms with Crippen LogP contribution in [0.25, 0.3) is 0 Å². The molecule has 0 spiro atoms. The molecule has 4 nitrogen and oxygen atoms in total. The summed E-state index contributed by atoms with van der Waals surface area (Å²) in [6.45, 7) is 3.08. The van der Waals surface area contributed by atoms with Crippen molar-refractivity contribution in [3.63, 3.8) is 0 Å². The number of carbonyl (C=O) groups excluding carboxylic acids is 2. The molecule has 5 rings (SSSR count). The molecule has 35 heavy (non-hydrogen) atoms. The van der Waals surface area contributed by atoms with Gasteiger partial charge in [0, 0.05) is 25.4 Å². The van der Waals surface area contributed by atoms with Gasteiger partial charge in [-0.1, -0.05) is 62.2 Å². The van der Waals surface area contributed by atoms with Gasteiger partial charge in [0.1, 0.15) is 0 Å². The first kappa shape index (κ1) is 24.1. The monoisotopic (exact) mass is 472 g/mol. The third-order valence-electron chi connectivity index (χ3n) is 8.62. The SMILES string of the molecule is CCc1ccc2c(c1)C(NC(=O)CCCC(=O)N1CCCC3CCCCC31)c1ccccc1CC2. The number of amides is 2. The van der Waals surface area contributed by atoms with Gasteiger partial charge in [-0.3, -0.25) is 9.59 Å². The number of hydrogen-bond acceptors (Lipinski definition) is 2. The first-order valence-corrected chi connectivity index (χ1v) is 13.9. The van der Waals surface area contributed by atoms with Gasteiger partial charge in [0.2, 0.25) is 11.8 Å². The van der Waals surface area contributed by atoms with Crippen molar-refractivity contribution in [3.05, 3.63) is 70.3 Å². The van der Waals surface area contributed by atoms with E-state index in [1.54, 1.807) is 0 Å². The van der Waals surface area contributed by atoms with Crippen LogP contribution in [-0.2, 0) is 28.9 Å². The van der Waals surface area contributed by atoms with Crippen molar-refractivity contribution in [1.29, 1.82) is 0 Å². The lowest BCUT2D eigenvalue weighted by molar-refractivity contribution is -0.137. The Morgan fingerprint density at radius 3 is 2.54 bits per heavy atom. The summed E-state index contributed by atoms with van der Waals surface area (Å²) in [5, 5.41) is 3.36. The second kappa shape index (κ2) is 11.0. The van der Waals surface area contributed by atoms with E-state index in [2.05, 4.69) is 59.6 Å². The molecule has 186 valence electrons. The molecule has 2 fully saturated rings. The Morgan fingerprint density at radius 2 is 1.69 bits per heavy atom. The van der Waals surface area contributed by atoms with Gasteiger partial charge in [-0.25, -0.2) is 0 Å². The molecule has 1 saturated carbocycles. The first-order chi connectivity index (χ1) is 17.1. The van der Waals surface area contributed by atoms with Crippen molar-refractivity contribution < 1.29 is 9.59 Å². The highest BCUT2D eigenvalue weighted by atomic mass is 16.2. The molecule has 3 unspecified atom stereocenters. The molecule has 1 saturated heterocycles. The zero-order chi connectivity index (χ0) is 24.2.